The van der Waals surface area contributed by atoms with Crippen LogP contribution in [0.4, 0.5) is 0 Å². The molecule has 0 heterocycles. The van der Waals surface area contributed by atoms with Gasteiger partial charge in [-0.2, -0.15) is 0 Å². The summed E-state index contributed by atoms with van der Waals surface area (Å²) in [6.07, 6.45) is 3.80. The third-order valence-electron chi connectivity index (χ3n) is 10.3. The minimum Gasteiger partial charge on any atom is -0.375 e. The summed E-state index contributed by atoms with van der Waals surface area (Å²) in [7, 11) is 4.05. The van der Waals surface area contributed by atoms with Crippen molar-refractivity contribution in [3.63, 3.8) is 0 Å². The Morgan fingerprint density at radius 1 is 0.548 bits per heavy atom. The van der Waals surface area contributed by atoms with Gasteiger partial charge in [-0.1, -0.05) is 41.5 Å². The van der Waals surface area contributed by atoms with E-state index in [2.05, 4.69) is 121 Å². The standard InChI is InChI=1S/C35H75N3O3.CH4/c1-19-35(23-29(5,6)39-20-26(2)32(11,12)36,24-30(7,8)40-21-27(3)33(13,14)37-17)25-31(9,10)41-22-28(4)34(15,16)38-18;/h26-28,37-38H,19-25,36H2,1-18H3;1H4. The molecule has 0 spiro atoms. The lowest BCUT2D eigenvalue weighted by Crippen LogP contribution is -2.49. The highest BCUT2D eigenvalue weighted by Gasteiger charge is 2.45. The smallest absolute Gasteiger partial charge is 0.0632 e. The summed E-state index contributed by atoms with van der Waals surface area (Å²) in [4.78, 5) is 0. The minimum atomic E-state index is -0.315. The molecule has 4 N–H and O–H groups in total. The van der Waals surface area contributed by atoms with Gasteiger partial charge in [0.1, 0.15) is 0 Å². The molecule has 0 saturated heterocycles. The molecule has 3 unspecified atom stereocenters. The molecular weight excluding hydrogens is 522 g/mol. The van der Waals surface area contributed by atoms with Crippen LogP contribution in [0, 0.1) is 23.2 Å². The Hall–Kier alpha value is -0.240. The maximum absolute atomic E-state index is 6.72. The average Bonchev–Trinajstić information content (AvgIpc) is 2.82. The molecule has 0 rings (SSSR count). The summed E-state index contributed by atoms with van der Waals surface area (Å²) in [5.41, 5.74) is 5.19. The van der Waals surface area contributed by atoms with Crippen molar-refractivity contribution in [3.8, 4) is 0 Å². The van der Waals surface area contributed by atoms with Gasteiger partial charge in [0.25, 0.3) is 0 Å². The maximum Gasteiger partial charge on any atom is 0.0632 e. The first-order valence-electron chi connectivity index (χ1n) is 16.3. The van der Waals surface area contributed by atoms with E-state index >= 15 is 0 Å². The topological polar surface area (TPSA) is 77.8 Å². The predicted octanol–water partition coefficient (Wildman–Crippen LogP) is 8.22. The monoisotopic (exact) mass is 602 g/mol. The van der Waals surface area contributed by atoms with Crippen molar-refractivity contribution in [3.05, 3.63) is 0 Å². The fourth-order valence-electron chi connectivity index (χ4n) is 5.60. The van der Waals surface area contributed by atoms with Gasteiger partial charge in [0.15, 0.2) is 0 Å². The Morgan fingerprint density at radius 2 is 0.810 bits per heavy atom. The Kier molecular flexibility index (Phi) is 17.1. The molecule has 3 atom stereocenters. The predicted molar refractivity (Wildman–Crippen MR) is 185 cm³/mol. The normalized spacial score (nSPS) is 17.8. The van der Waals surface area contributed by atoms with Crippen molar-refractivity contribution in [2.75, 3.05) is 33.9 Å². The zero-order chi connectivity index (χ0) is 32.7. The van der Waals surface area contributed by atoms with Gasteiger partial charge in [-0.05, 0) is 140 Å². The van der Waals surface area contributed by atoms with E-state index in [1.54, 1.807) is 0 Å². The van der Waals surface area contributed by atoms with E-state index in [9.17, 15) is 0 Å². The van der Waals surface area contributed by atoms with Crippen LogP contribution in [0.15, 0.2) is 0 Å². The number of nitrogens with two attached hydrogens (primary N) is 1. The molecule has 6 nitrogen and oxygen atoms in total. The van der Waals surface area contributed by atoms with Gasteiger partial charge in [-0.15, -0.1) is 0 Å². The van der Waals surface area contributed by atoms with Crippen LogP contribution in [0.5, 0.6) is 0 Å². The van der Waals surface area contributed by atoms with Crippen molar-refractivity contribution in [2.24, 2.45) is 28.9 Å². The third-order valence-corrected chi connectivity index (χ3v) is 10.3. The second-order valence-corrected chi connectivity index (χ2v) is 17.1. The molecule has 0 aromatic rings. The van der Waals surface area contributed by atoms with E-state index in [4.69, 9.17) is 19.9 Å². The molecule has 0 saturated carbocycles. The van der Waals surface area contributed by atoms with Crippen LogP contribution in [-0.4, -0.2) is 67.3 Å². The largest absolute Gasteiger partial charge is 0.375 e. The fourth-order valence-corrected chi connectivity index (χ4v) is 5.60. The first-order chi connectivity index (χ1) is 18.2. The molecule has 42 heavy (non-hydrogen) atoms. The van der Waals surface area contributed by atoms with Crippen molar-refractivity contribution in [1.82, 2.24) is 10.6 Å². The molecule has 0 aliphatic heterocycles. The zero-order valence-corrected chi connectivity index (χ0v) is 31.0. The van der Waals surface area contributed by atoms with Gasteiger partial charge in [0, 0.05) is 16.6 Å². The second kappa shape index (κ2) is 16.4. The first kappa shape index (κ1) is 43.9. The molecule has 0 aromatic heterocycles. The molecule has 0 bridgehead atoms. The van der Waals surface area contributed by atoms with Crippen LogP contribution in [0.3, 0.4) is 0 Å². The lowest BCUT2D eigenvalue weighted by Gasteiger charge is -2.48. The summed E-state index contributed by atoms with van der Waals surface area (Å²) in [6, 6.07) is 0. The molecule has 0 aromatic carbocycles. The van der Waals surface area contributed by atoms with Crippen LogP contribution in [-0.2, 0) is 14.2 Å². The van der Waals surface area contributed by atoms with E-state index in [0.29, 0.717) is 31.7 Å². The van der Waals surface area contributed by atoms with Crippen LogP contribution in [0.1, 0.15) is 144 Å². The van der Waals surface area contributed by atoms with Crippen molar-refractivity contribution in [1.29, 1.82) is 0 Å². The van der Waals surface area contributed by atoms with Crippen LogP contribution >= 0.6 is 0 Å². The highest BCUT2D eigenvalue weighted by atomic mass is 16.5. The highest BCUT2D eigenvalue weighted by molar-refractivity contribution is 4.96. The second-order valence-electron chi connectivity index (χ2n) is 17.1. The molecule has 256 valence electrons. The van der Waals surface area contributed by atoms with Crippen molar-refractivity contribution < 1.29 is 14.2 Å². The minimum absolute atomic E-state index is 0. The molecule has 0 amide bonds. The fraction of sp³-hybridized carbons (Fsp3) is 1.00. The number of rotatable bonds is 21. The summed E-state index contributed by atoms with van der Waals surface area (Å²) < 4.78 is 20.1. The van der Waals surface area contributed by atoms with Crippen LogP contribution in [0.2, 0.25) is 0 Å². The van der Waals surface area contributed by atoms with E-state index in [0.717, 1.165) is 25.7 Å². The summed E-state index contributed by atoms with van der Waals surface area (Å²) in [5, 5.41) is 6.89. The lowest BCUT2D eigenvalue weighted by atomic mass is 9.65. The molecular formula is C36H79N3O3. The average molecular weight is 602 g/mol. The van der Waals surface area contributed by atoms with Gasteiger partial charge in [0.2, 0.25) is 0 Å². The quantitative estimate of drug-likeness (QED) is 0.123. The van der Waals surface area contributed by atoms with Gasteiger partial charge in [0.05, 0.1) is 36.6 Å². The highest BCUT2D eigenvalue weighted by Crippen LogP contribution is 2.48. The zero-order valence-electron chi connectivity index (χ0n) is 31.0. The first-order valence-corrected chi connectivity index (χ1v) is 16.3. The maximum atomic E-state index is 6.72. The molecule has 0 aliphatic rings. The van der Waals surface area contributed by atoms with Crippen molar-refractivity contribution in [2.45, 2.75) is 177 Å². The van der Waals surface area contributed by atoms with Gasteiger partial charge in [-0.25, -0.2) is 0 Å². The third kappa shape index (κ3) is 15.2. The van der Waals surface area contributed by atoms with Crippen LogP contribution < -0.4 is 16.4 Å². The number of nitrogens with one attached hydrogen (secondary N) is 2. The van der Waals surface area contributed by atoms with Gasteiger partial charge < -0.3 is 30.6 Å². The van der Waals surface area contributed by atoms with E-state index in [1.807, 2.05) is 14.1 Å². The number of hydrogen-bond acceptors (Lipinski definition) is 6. The molecule has 0 radical (unpaired) electrons. The van der Waals surface area contributed by atoms with E-state index in [-0.39, 0.29) is 52.2 Å². The number of hydrogen-bond donors (Lipinski definition) is 3. The number of ether oxygens (including phenoxy) is 3. The van der Waals surface area contributed by atoms with E-state index in [1.165, 1.54) is 0 Å². The summed E-state index contributed by atoms with van der Waals surface area (Å²) in [6.45, 7) is 37.7. The van der Waals surface area contributed by atoms with Gasteiger partial charge in [-0.3, -0.25) is 0 Å². The Labute approximate surface area is 264 Å². The van der Waals surface area contributed by atoms with Gasteiger partial charge >= 0.3 is 0 Å². The molecule has 6 heteroatoms. The summed E-state index contributed by atoms with van der Waals surface area (Å²) >= 11 is 0. The van der Waals surface area contributed by atoms with E-state index < -0.39 is 0 Å². The lowest BCUT2D eigenvalue weighted by molar-refractivity contribution is -0.132. The Morgan fingerprint density at radius 3 is 1.02 bits per heavy atom. The SMILES string of the molecule is C.CCC(CC(C)(C)OCC(C)C(C)(C)N)(CC(C)(C)OCC(C)C(C)(C)NC)CC(C)(C)OCC(C)C(C)(C)NC. The summed E-state index contributed by atoms with van der Waals surface area (Å²) in [5.74, 6) is 1.01. The Balaban J connectivity index is 0. The van der Waals surface area contributed by atoms with Crippen molar-refractivity contribution >= 4 is 0 Å². The van der Waals surface area contributed by atoms with Crippen LogP contribution in [0.25, 0.3) is 0 Å². The molecule has 0 fully saturated rings. The molecule has 0 aliphatic carbocycles. The Bertz CT molecular complexity index is 712.